The van der Waals surface area contributed by atoms with Crippen molar-refractivity contribution < 1.29 is 17.6 Å². The van der Waals surface area contributed by atoms with Gasteiger partial charge < -0.3 is 10.2 Å². The Hall–Kier alpha value is -0.680. The standard InChI is InChI=1S/C6H6F3NO.ClH/c7-6(8,9)5(10)4-2-1-3-11-4;/h1-3,5H,10H2;1H/t5-;/m1./s1. The molecule has 70 valence electrons. The predicted molar refractivity (Wildman–Crippen MR) is 38.9 cm³/mol. The second-order valence-electron chi connectivity index (χ2n) is 2.03. The molecule has 1 aromatic heterocycles. The van der Waals surface area contributed by atoms with Gasteiger partial charge in [-0.1, -0.05) is 0 Å². The number of alkyl halides is 3. The highest BCUT2D eigenvalue weighted by molar-refractivity contribution is 5.85. The fourth-order valence-electron chi connectivity index (χ4n) is 0.630. The van der Waals surface area contributed by atoms with Crippen LogP contribution in [-0.4, -0.2) is 6.18 Å². The second kappa shape index (κ2) is 3.82. The van der Waals surface area contributed by atoms with Crippen LogP contribution in [0.15, 0.2) is 22.8 Å². The van der Waals surface area contributed by atoms with Crippen molar-refractivity contribution in [1.29, 1.82) is 0 Å². The van der Waals surface area contributed by atoms with E-state index < -0.39 is 12.2 Å². The fourth-order valence-corrected chi connectivity index (χ4v) is 0.630. The number of rotatable bonds is 1. The molecule has 1 rings (SSSR count). The summed E-state index contributed by atoms with van der Waals surface area (Å²) in [5.41, 5.74) is 4.80. The van der Waals surface area contributed by atoms with Crippen LogP contribution < -0.4 is 5.73 Å². The third kappa shape index (κ3) is 2.42. The van der Waals surface area contributed by atoms with Crippen molar-refractivity contribution >= 4 is 12.4 Å². The SMILES string of the molecule is Cl.N[C@H](c1ccco1)C(F)(F)F. The molecule has 12 heavy (non-hydrogen) atoms. The number of hydrogen-bond donors (Lipinski definition) is 1. The van der Waals surface area contributed by atoms with Gasteiger partial charge in [0, 0.05) is 0 Å². The van der Waals surface area contributed by atoms with E-state index in [9.17, 15) is 13.2 Å². The lowest BCUT2D eigenvalue weighted by Gasteiger charge is -2.11. The minimum atomic E-state index is -4.43. The molecule has 0 fully saturated rings. The van der Waals surface area contributed by atoms with Crippen LogP contribution in [0, 0.1) is 0 Å². The van der Waals surface area contributed by atoms with Gasteiger partial charge in [0.25, 0.3) is 0 Å². The third-order valence-corrected chi connectivity index (χ3v) is 1.20. The molecule has 0 bridgehead atoms. The molecule has 1 aromatic rings. The molecule has 0 aliphatic rings. The van der Waals surface area contributed by atoms with Crippen molar-refractivity contribution in [2.24, 2.45) is 5.73 Å². The van der Waals surface area contributed by atoms with Crippen LogP contribution in [0.3, 0.4) is 0 Å². The Morgan fingerprint density at radius 3 is 2.33 bits per heavy atom. The molecule has 1 heterocycles. The van der Waals surface area contributed by atoms with E-state index in [1.165, 1.54) is 12.1 Å². The number of hydrogen-bond acceptors (Lipinski definition) is 2. The van der Waals surface area contributed by atoms with E-state index in [1.807, 2.05) is 0 Å². The van der Waals surface area contributed by atoms with Gasteiger partial charge in [0.2, 0.25) is 0 Å². The highest BCUT2D eigenvalue weighted by atomic mass is 35.5. The highest BCUT2D eigenvalue weighted by Crippen LogP contribution is 2.30. The van der Waals surface area contributed by atoms with E-state index in [1.54, 1.807) is 0 Å². The Bertz CT molecular complexity index is 221. The van der Waals surface area contributed by atoms with Crippen molar-refractivity contribution in [1.82, 2.24) is 0 Å². The molecule has 2 N–H and O–H groups in total. The van der Waals surface area contributed by atoms with Crippen molar-refractivity contribution in [3.63, 3.8) is 0 Å². The lowest BCUT2D eigenvalue weighted by atomic mass is 10.2. The summed E-state index contributed by atoms with van der Waals surface area (Å²) in [5.74, 6) is -0.266. The van der Waals surface area contributed by atoms with Crippen LogP contribution in [0.25, 0.3) is 0 Å². The first-order valence-electron chi connectivity index (χ1n) is 2.87. The predicted octanol–water partition coefficient (Wildman–Crippen LogP) is 2.26. The van der Waals surface area contributed by atoms with Gasteiger partial charge in [-0.15, -0.1) is 12.4 Å². The summed E-state index contributed by atoms with van der Waals surface area (Å²) >= 11 is 0. The molecule has 0 spiro atoms. The molecule has 6 heteroatoms. The van der Waals surface area contributed by atoms with E-state index in [4.69, 9.17) is 5.73 Å². The summed E-state index contributed by atoms with van der Waals surface area (Å²) in [4.78, 5) is 0. The van der Waals surface area contributed by atoms with Gasteiger partial charge in [-0.3, -0.25) is 0 Å². The molecule has 0 aliphatic carbocycles. The summed E-state index contributed by atoms with van der Waals surface area (Å²) in [6, 6.07) is 0.538. The van der Waals surface area contributed by atoms with Gasteiger partial charge in [0.05, 0.1) is 6.26 Å². The number of halogens is 4. The largest absolute Gasteiger partial charge is 0.467 e. The van der Waals surface area contributed by atoms with Crippen LogP contribution in [0.4, 0.5) is 13.2 Å². The molecular formula is C6H7ClF3NO. The zero-order valence-electron chi connectivity index (χ0n) is 5.84. The average Bonchev–Trinajstić information content (AvgIpc) is 2.34. The molecule has 0 aliphatic heterocycles. The van der Waals surface area contributed by atoms with Crippen molar-refractivity contribution in [2.75, 3.05) is 0 Å². The van der Waals surface area contributed by atoms with Crippen LogP contribution in [0.2, 0.25) is 0 Å². The Morgan fingerprint density at radius 2 is 2.00 bits per heavy atom. The molecule has 1 atom stereocenters. The molecular weight excluding hydrogens is 195 g/mol. The molecule has 0 amide bonds. The quantitative estimate of drug-likeness (QED) is 0.757. The van der Waals surface area contributed by atoms with E-state index in [0.29, 0.717) is 0 Å². The zero-order valence-corrected chi connectivity index (χ0v) is 6.65. The molecule has 2 nitrogen and oxygen atoms in total. The Morgan fingerprint density at radius 1 is 1.42 bits per heavy atom. The molecule has 0 radical (unpaired) electrons. The molecule has 0 aromatic carbocycles. The van der Waals surface area contributed by atoms with Gasteiger partial charge in [-0.25, -0.2) is 0 Å². The Labute approximate surface area is 72.9 Å². The molecule has 0 saturated carbocycles. The maximum absolute atomic E-state index is 11.8. The third-order valence-electron chi connectivity index (χ3n) is 1.20. The first-order valence-corrected chi connectivity index (χ1v) is 2.87. The Balaban J connectivity index is 0.00000121. The van der Waals surface area contributed by atoms with Gasteiger partial charge >= 0.3 is 6.18 Å². The van der Waals surface area contributed by atoms with Crippen molar-refractivity contribution in [3.05, 3.63) is 24.2 Å². The number of furan rings is 1. The highest BCUT2D eigenvalue weighted by Gasteiger charge is 2.39. The number of nitrogens with two attached hydrogens (primary N) is 1. The smallest absolute Gasteiger partial charge is 0.410 e. The first kappa shape index (κ1) is 11.3. The fraction of sp³-hybridized carbons (Fsp3) is 0.333. The minimum absolute atomic E-state index is 0. The van der Waals surface area contributed by atoms with Gasteiger partial charge in [0.1, 0.15) is 5.76 Å². The Kier molecular flexibility index (Phi) is 3.60. The summed E-state index contributed by atoms with van der Waals surface area (Å²) < 4.78 is 40.0. The van der Waals surface area contributed by atoms with Crippen LogP contribution in [-0.2, 0) is 0 Å². The monoisotopic (exact) mass is 201 g/mol. The maximum Gasteiger partial charge on any atom is 0.410 e. The van der Waals surface area contributed by atoms with Crippen LogP contribution in [0.1, 0.15) is 11.8 Å². The van der Waals surface area contributed by atoms with Gasteiger partial charge in [-0.05, 0) is 12.1 Å². The second-order valence-corrected chi connectivity index (χ2v) is 2.03. The van der Waals surface area contributed by atoms with Gasteiger partial charge in [0.15, 0.2) is 6.04 Å². The lowest BCUT2D eigenvalue weighted by molar-refractivity contribution is -0.152. The summed E-state index contributed by atoms with van der Waals surface area (Å²) in [7, 11) is 0. The summed E-state index contributed by atoms with van der Waals surface area (Å²) in [6.07, 6.45) is -3.28. The van der Waals surface area contributed by atoms with Gasteiger partial charge in [-0.2, -0.15) is 13.2 Å². The van der Waals surface area contributed by atoms with E-state index in [-0.39, 0.29) is 18.2 Å². The lowest BCUT2D eigenvalue weighted by Crippen LogP contribution is -2.27. The molecule has 0 unspecified atom stereocenters. The minimum Gasteiger partial charge on any atom is -0.467 e. The average molecular weight is 202 g/mol. The van der Waals surface area contributed by atoms with E-state index >= 15 is 0 Å². The summed E-state index contributed by atoms with van der Waals surface area (Å²) in [5, 5.41) is 0. The topological polar surface area (TPSA) is 39.2 Å². The maximum atomic E-state index is 11.8. The van der Waals surface area contributed by atoms with E-state index in [2.05, 4.69) is 4.42 Å². The van der Waals surface area contributed by atoms with Crippen LogP contribution in [0.5, 0.6) is 0 Å². The van der Waals surface area contributed by atoms with E-state index in [0.717, 1.165) is 6.26 Å². The van der Waals surface area contributed by atoms with Crippen molar-refractivity contribution in [2.45, 2.75) is 12.2 Å². The normalized spacial score (nSPS) is 13.7. The zero-order chi connectivity index (χ0) is 8.48. The summed E-state index contributed by atoms with van der Waals surface area (Å²) in [6.45, 7) is 0. The first-order chi connectivity index (χ1) is 5.02. The van der Waals surface area contributed by atoms with Crippen molar-refractivity contribution in [3.8, 4) is 0 Å². The molecule has 0 saturated heterocycles. The van der Waals surface area contributed by atoms with Crippen LogP contribution >= 0.6 is 12.4 Å².